The van der Waals surface area contributed by atoms with E-state index >= 15 is 0 Å². The molecule has 1 aliphatic rings. The number of thiazole rings is 1. The average Bonchev–Trinajstić information content (AvgIpc) is 3.22. The molecule has 176 valence electrons. The van der Waals surface area contributed by atoms with E-state index in [1.807, 2.05) is 24.3 Å². The van der Waals surface area contributed by atoms with Crippen LogP contribution in [0.3, 0.4) is 0 Å². The number of hydrogen-bond donors (Lipinski definition) is 1. The highest BCUT2D eigenvalue weighted by atomic mass is 32.1. The van der Waals surface area contributed by atoms with E-state index < -0.39 is 0 Å². The molecule has 3 aromatic rings. The van der Waals surface area contributed by atoms with Crippen molar-refractivity contribution in [2.45, 2.75) is 58.9 Å². The Kier molecular flexibility index (Phi) is 8.35. The van der Waals surface area contributed by atoms with Gasteiger partial charge in [-0.3, -0.25) is 15.0 Å². The first-order chi connectivity index (χ1) is 16.1. The maximum absolute atomic E-state index is 12.7. The largest absolute Gasteiger partial charge is 0.494 e. The van der Waals surface area contributed by atoms with Gasteiger partial charge in [-0.1, -0.05) is 50.5 Å². The highest BCUT2D eigenvalue weighted by molar-refractivity contribution is 7.22. The van der Waals surface area contributed by atoms with Gasteiger partial charge in [0.15, 0.2) is 5.13 Å². The molecule has 0 bridgehead atoms. The summed E-state index contributed by atoms with van der Waals surface area (Å²) in [6.45, 7) is 8.59. The number of anilines is 1. The molecule has 1 aromatic heterocycles. The molecule has 2 aromatic carbocycles. The highest BCUT2D eigenvalue weighted by Crippen LogP contribution is 2.28. The molecular weight excluding hydrogens is 430 g/mol. The van der Waals surface area contributed by atoms with Crippen LogP contribution in [0.1, 0.15) is 68.3 Å². The number of benzene rings is 2. The molecular formula is C27H35N3O2S. The average molecular weight is 466 g/mol. The Balaban J connectivity index is 1.32. The number of carbonyl (C=O) groups is 1. The lowest BCUT2D eigenvalue weighted by atomic mass is 9.99. The molecule has 5 nitrogen and oxygen atoms in total. The van der Waals surface area contributed by atoms with E-state index in [1.54, 1.807) is 0 Å². The van der Waals surface area contributed by atoms with Gasteiger partial charge in [-0.15, -0.1) is 0 Å². The van der Waals surface area contributed by atoms with Crippen LogP contribution in [-0.2, 0) is 6.54 Å². The predicted octanol–water partition coefficient (Wildman–Crippen LogP) is 6.74. The fourth-order valence-electron chi connectivity index (χ4n) is 4.19. The van der Waals surface area contributed by atoms with Gasteiger partial charge in [0.05, 0.1) is 16.8 Å². The van der Waals surface area contributed by atoms with Gasteiger partial charge >= 0.3 is 0 Å². The molecule has 0 atom stereocenters. The lowest BCUT2D eigenvalue weighted by Gasteiger charge is -2.30. The van der Waals surface area contributed by atoms with E-state index in [0.29, 0.717) is 10.7 Å². The molecule has 0 aliphatic carbocycles. The first kappa shape index (κ1) is 23.7. The molecule has 2 heterocycles. The van der Waals surface area contributed by atoms with Crippen LogP contribution >= 0.6 is 11.3 Å². The second-order valence-electron chi connectivity index (χ2n) is 9.17. The third kappa shape index (κ3) is 6.78. The van der Waals surface area contributed by atoms with E-state index in [1.165, 1.54) is 62.1 Å². The van der Waals surface area contributed by atoms with Gasteiger partial charge < -0.3 is 4.74 Å². The van der Waals surface area contributed by atoms with Gasteiger partial charge in [0, 0.05) is 12.1 Å². The predicted molar refractivity (Wildman–Crippen MR) is 137 cm³/mol. The number of carbonyl (C=O) groups excluding carboxylic acids is 1. The smallest absolute Gasteiger partial charge is 0.257 e. The third-order valence-corrected chi connectivity index (χ3v) is 7.27. The van der Waals surface area contributed by atoms with Gasteiger partial charge in [-0.2, -0.15) is 0 Å². The number of nitrogens with zero attached hydrogens (tertiary/aromatic N) is 2. The SMILES string of the molecule is CCCCCCOc1ccc(C(=O)Nc2nc3ccc(CN4CCC(C)CC4)cc3s2)cc1. The van der Waals surface area contributed by atoms with Gasteiger partial charge in [-0.25, -0.2) is 4.98 Å². The molecule has 1 aliphatic heterocycles. The number of nitrogens with one attached hydrogen (secondary N) is 1. The normalized spacial score (nSPS) is 15.1. The van der Waals surface area contributed by atoms with Crippen molar-refractivity contribution in [2.24, 2.45) is 5.92 Å². The first-order valence-corrected chi connectivity index (χ1v) is 13.1. The zero-order valence-corrected chi connectivity index (χ0v) is 20.6. The van der Waals surface area contributed by atoms with Crippen LogP contribution < -0.4 is 10.1 Å². The number of fused-ring (bicyclic) bond motifs is 1. The minimum atomic E-state index is -0.147. The molecule has 0 saturated carbocycles. The summed E-state index contributed by atoms with van der Waals surface area (Å²) in [5, 5.41) is 3.59. The van der Waals surface area contributed by atoms with Gasteiger partial charge in [0.1, 0.15) is 5.75 Å². The summed E-state index contributed by atoms with van der Waals surface area (Å²) in [5.41, 5.74) is 2.84. The molecule has 0 unspecified atom stereocenters. The van der Waals surface area contributed by atoms with Crippen LogP contribution in [0.25, 0.3) is 10.2 Å². The van der Waals surface area contributed by atoms with Gasteiger partial charge in [0.25, 0.3) is 5.91 Å². The first-order valence-electron chi connectivity index (χ1n) is 12.3. The van der Waals surface area contributed by atoms with Crippen LogP contribution in [0.15, 0.2) is 42.5 Å². The minimum absolute atomic E-state index is 0.147. The molecule has 0 radical (unpaired) electrons. The van der Waals surface area contributed by atoms with Crippen molar-refractivity contribution in [2.75, 3.05) is 25.0 Å². The van der Waals surface area contributed by atoms with Crippen molar-refractivity contribution in [3.8, 4) is 5.75 Å². The quantitative estimate of drug-likeness (QED) is 0.337. The van der Waals surface area contributed by atoms with Crippen molar-refractivity contribution < 1.29 is 9.53 Å². The molecule has 1 fully saturated rings. The Hall–Kier alpha value is -2.44. The summed E-state index contributed by atoms with van der Waals surface area (Å²) in [4.78, 5) is 19.8. The van der Waals surface area contributed by atoms with Crippen molar-refractivity contribution in [3.63, 3.8) is 0 Å². The number of unbranched alkanes of at least 4 members (excludes halogenated alkanes) is 3. The molecule has 1 N–H and O–H groups in total. The van der Waals surface area contributed by atoms with Crippen molar-refractivity contribution in [1.29, 1.82) is 0 Å². The molecule has 4 rings (SSSR count). The number of likely N-dealkylation sites (tertiary alicyclic amines) is 1. The number of rotatable bonds is 10. The fourth-order valence-corrected chi connectivity index (χ4v) is 5.11. The van der Waals surface area contributed by atoms with E-state index in [4.69, 9.17) is 4.74 Å². The lowest BCUT2D eigenvalue weighted by Crippen LogP contribution is -2.32. The van der Waals surface area contributed by atoms with Crippen LogP contribution in [0.4, 0.5) is 5.13 Å². The zero-order valence-electron chi connectivity index (χ0n) is 19.8. The second-order valence-corrected chi connectivity index (χ2v) is 10.2. The molecule has 6 heteroatoms. The van der Waals surface area contributed by atoms with Crippen molar-refractivity contribution in [3.05, 3.63) is 53.6 Å². The number of amides is 1. The second kappa shape index (κ2) is 11.6. The number of aromatic nitrogens is 1. The van der Waals surface area contributed by atoms with Crippen molar-refractivity contribution in [1.82, 2.24) is 9.88 Å². The summed E-state index contributed by atoms with van der Waals surface area (Å²) in [6.07, 6.45) is 7.28. The topological polar surface area (TPSA) is 54.5 Å². The van der Waals surface area contributed by atoms with E-state index in [-0.39, 0.29) is 5.91 Å². The van der Waals surface area contributed by atoms with Gasteiger partial charge in [0.2, 0.25) is 0 Å². The maximum atomic E-state index is 12.7. The Morgan fingerprint density at radius 1 is 1.12 bits per heavy atom. The summed E-state index contributed by atoms with van der Waals surface area (Å²) < 4.78 is 6.88. The van der Waals surface area contributed by atoms with Crippen LogP contribution in [0.2, 0.25) is 0 Å². The number of ether oxygens (including phenoxy) is 1. The molecule has 1 saturated heterocycles. The van der Waals surface area contributed by atoms with Crippen LogP contribution in [0.5, 0.6) is 5.75 Å². The van der Waals surface area contributed by atoms with E-state index in [2.05, 4.69) is 47.2 Å². The Morgan fingerprint density at radius 3 is 2.67 bits per heavy atom. The molecule has 33 heavy (non-hydrogen) atoms. The lowest BCUT2D eigenvalue weighted by molar-refractivity contribution is 0.102. The third-order valence-electron chi connectivity index (χ3n) is 6.34. The Labute approximate surface area is 201 Å². The van der Waals surface area contributed by atoms with E-state index in [0.717, 1.165) is 41.5 Å². The molecule has 0 spiro atoms. The van der Waals surface area contributed by atoms with Crippen LogP contribution in [-0.4, -0.2) is 35.5 Å². The fraction of sp³-hybridized carbons (Fsp3) is 0.481. The monoisotopic (exact) mass is 465 g/mol. The molecule has 1 amide bonds. The van der Waals surface area contributed by atoms with Gasteiger partial charge in [-0.05, 0) is 80.2 Å². The standard InChI is InChI=1S/C27H35N3O2S/c1-3-4-5-6-17-32-23-10-8-22(9-11-23)26(31)29-27-28-24-12-7-21(18-25(24)33-27)19-30-15-13-20(2)14-16-30/h7-12,18,20H,3-6,13-17,19H2,1-2H3,(H,28,29,31). The Bertz CT molecular complexity index is 1040. The summed E-state index contributed by atoms with van der Waals surface area (Å²) in [6, 6.07) is 13.8. The summed E-state index contributed by atoms with van der Waals surface area (Å²) >= 11 is 1.53. The number of piperidine rings is 1. The number of hydrogen-bond acceptors (Lipinski definition) is 5. The highest BCUT2D eigenvalue weighted by Gasteiger charge is 2.16. The zero-order chi connectivity index (χ0) is 23.0. The Morgan fingerprint density at radius 2 is 1.91 bits per heavy atom. The van der Waals surface area contributed by atoms with Crippen LogP contribution in [0, 0.1) is 5.92 Å². The summed E-state index contributed by atoms with van der Waals surface area (Å²) in [5.74, 6) is 1.50. The van der Waals surface area contributed by atoms with E-state index in [9.17, 15) is 4.79 Å². The maximum Gasteiger partial charge on any atom is 0.257 e. The summed E-state index contributed by atoms with van der Waals surface area (Å²) in [7, 11) is 0. The van der Waals surface area contributed by atoms with Crippen molar-refractivity contribution >= 4 is 32.6 Å². The minimum Gasteiger partial charge on any atom is -0.494 e.